The second kappa shape index (κ2) is 13.1. The lowest BCUT2D eigenvalue weighted by atomic mass is 10.3. The van der Waals surface area contributed by atoms with Crippen LogP contribution < -0.4 is 30.8 Å². The second-order valence-electron chi connectivity index (χ2n) is 10.1. The minimum absolute atomic E-state index is 0.310. The molecule has 0 spiro atoms. The summed E-state index contributed by atoms with van der Waals surface area (Å²) in [7, 11) is -11.3. The van der Waals surface area contributed by atoms with Gasteiger partial charge in [-0.3, -0.25) is 13.6 Å². The van der Waals surface area contributed by atoms with Crippen LogP contribution in [0.5, 0.6) is 17.2 Å². The van der Waals surface area contributed by atoms with E-state index in [0.717, 1.165) is 0 Å². The predicted octanol–water partition coefficient (Wildman–Crippen LogP) is 9.10. The number of nitrogens with zero attached hydrogens (tertiary/aromatic N) is 3. The van der Waals surface area contributed by atoms with Crippen molar-refractivity contribution in [1.82, 2.24) is 0 Å². The van der Waals surface area contributed by atoms with Crippen LogP contribution in [0.1, 0.15) is 41.5 Å². The SMILES string of the molecule is CC(C)OP1(Oc2ccccc2N)=NP(Oc2ccccc2N)(OC(C)C)=NP(Oc2ccccc2N)(OC(C)C)=N1. The van der Waals surface area contributed by atoms with Gasteiger partial charge in [-0.2, -0.15) is 0 Å². The van der Waals surface area contributed by atoms with Gasteiger partial charge in [0.2, 0.25) is 0 Å². The van der Waals surface area contributed by atoms with Gasteiger partial charge in [0, 0.05) is 0 Å². The van der Waals surface area contributed by atoms with E-state index in [0.29, 0.717) is 34.3 Å². The monoisotopic (exact) mass is 636 g/mol. The third-order valence-corrected chi connectivity index (χ3v) is 13.9. The third kappa shape index (κ3) is 7.90. The molecule has 0 saturated carbocycles. The molecule has 42 heavy (non-hydrogen) atoms. The van der Waals surface area contributed by atoms with Crippen LogP contribution in [-0.2, 0) is 13.6 Å². The zero-order valence-corrected chi connectivity index (χ0v) is 27.2. The van der Waals surface area contributed by atoms with Crippen molar-refractivity contribution in [3.63, 3.8) is 0 Å². The fourth-order valence-corrected chi connectivity index (χ4v) is 13.4. The third-order valence-electron chi connectivity index (χ3n) is 5.13. The first kappa shape index (κ1) is 32.0. The Morgan fingerprint density at radius 1 is 0.452 bits per heavy atom. The molecule has 3 aromatic rings. The molecule has 0 saturated heterocycles. The number of nitrogen functional groups attached to an aromatic ring is 3. The predicted molar refractivity (Wildman–Crippen MR) is 171 cm³/mol. The standard InChI is InChI=1S/C27H39N6O6P3/c1-19(2)34-40(37-25-16-10-7-13-22(25)28)31-41(35-20(3)4,38-26-17-11-8-14-23(26)29)33-42(32-40,36-21(5)6)39-27-18-12-9-15-24(27)30/h7-21H,28-30H2,1-6H3. The molecule has 0 fully saturated rings. The van der Waals surface area contributed by atoms with Crippen LogP contribution in [0.3, 0.4) is 0 Å². The molecule has 228 valence electrons. The minimum Gasteiger partial charge on any atom is -0.420 e. The average molecular weight is 637 g/mol. The molecule has 1 heterocycles. The van der Waals surface area contributed by atoms with E-state index in [1.807, 2.05) is 41.5 Å². The van der Waals surface area contributed by atoms with Gasteiger partial charge < -0.3 is 30.8 Å². The van der Waals surface area contributed by atoms with Crippen molar-refractivity contribution >= 4 is 40.0 Å². The Morgan fingerprint density at radius 3 is 0.905 bits per heavy atom. The van der Waals surface area contributed by atoms with E-state index in [9.17, 15) is 0 Å². The van der Waals surface area contributed by atoms with Crippen LogP contribution in [-0.4, -0.2) is 18.3 Å². The van der Waals surface area contributed by atoms with Crippen LogP contribution >= 0.6 is 23.0 Å². The topological polar surface area (TPSA) is 171 Å². The summed E-state index contributed by atoms with van der Waals surface area (Å²) in [6, 6.07) is 21.0. The highest BCUT2D eigenvalue weighted by Crippen LogP contribution is 2.80. The van der Waals surface area contributed by atoms with Crippen molar-refractivity contribution in [3.8, 4) is 17.2 Å². The van der Waals surface area contributed by atoms with Gasteiger partial charge in [0.25, 0.3) is 0 Å². The Bertz CT molecular complexity index is 1380. The van der Waals surface area contributed by atoms with Crippen LogP contribution in [0, 0.1) is 0 Å². The van der Waals surface area contributed by atoms with Gasteiger partial charge in [0.05, 0.1) is 35.4 Å². The number of rotatable bonds is 12. The second-order valence-corrected chi connectivity index (χ2v) is 16.4. The number of hydrogen-bond donors (Lipinski definition) is 3. The Hall–Kier alpha value is -2.97. The van der Waals surface area contributed by atoms with Gasteiger partial charge in [-0.1, -0.05) is 36.4 Å². The molecule has 0 unspecified atom stereocenters. The summed E-state index contributed by atoms with van der Waals surface area (Å²) in [5.74, 6) is 0.930. The van der Waals surface area contributed by atoms with Crippen LogP contribution in [0.4, 0.5) is 17.1 Å². The molecule has 0 amide bonds. The summed E-state index contributed by atoms with van der Waals surface area (Å²) in [6.07, 6.45) is -1.21. The van der Waals surface area contributed by atoms with E-state index in [2.05, 4.69) is 0 Å². The van der Waals surface area contributed by atoms with E-state index < -0.39 is 41.3 Å². The van der Waals surface area contributed by atoms with E-state index in [4.69, 9.17) is 57.9 Å². The maximum Gasteiger partial charge on any atom is 0.404 e. The van der Waals surface area contributed by atoms with E-state index >= 15 is 0 Å². The average Bonchev–Trinajstić information content (AvgIpc) is 2.86. The first-order chi connectivity index (χ1) is 19.8. The van der Waals surface area contributed by atoms with E-state index in [1.54, 1.807) is 72.8 Å². The molecule has 1 aliphatic rings. The lowest BCUT2D eigenvalue weighted by Gasteiger charge is -2.35. The van der Waals surface area contributed by atoms with Crippen molar-refractivity contribution in [2.45, 2.75) is 59.9 Å². The van der Waals surface area contributed by atoms with E-state index in [1.165, 1.54) is 0 Å². The van der Waals surface area contributed by atoms with Crippen molar-refractivity contribution < 1.29 is 27.1 Å². The molecule has 12 nitrogen and oxygen atoms in total. The molecule has 15 heteroatoms. The maximum atomic E-state index is 6.54. The fourth-order valence-electron chi connectivity index (χ4n) is 3.68. The molecule has 0 radical (unpaired) electrons. The first-order valence-corrected chi connectivity index (χ1v) is 18.0. The van der Waals surface area contributed by atoms with Crippen LogP contribution in [0.25, 0.3) is 0 Å². The highest BCUT2D eigenvalue weighted by molar-refractivity contribution is 7.78. The van der Waals surface area contributed by atoms with Crippen molar-refractivity contribution in [1.29, 1.82) is 0 Å². The van der Waals surface area contributed by atoms with Crippen molar-refractivity contribution in [3.05, 3.63) is 72.8 Å². The zero-order chi connectivity index (χ0) is 30.5. The summed E-state index contributed by atoms with van der Waals surface area (Å²) in [6.45, 7) is 11.1. The molecule has 0 atom stereocenters. The summed E-state index contributed by atoms with van der Waals surface area (Å²) in [5.41, 5.74) is 20.0. The molecule has 6 N–H and O–H groups in total. The Kier molecular flexibility index (Phi) is 9.99. The fraction of sp³-hybridized carbons (Fsp3) is 0.333. The number of hydrogen-bond acceptors (Lipinski definition) is 12. The number of benzene rings is 3. The Balaban J connectivity index is 2.11. The Morgan fingerprint density at radius 2 is 0.690 bits per heavy atom. The van der Waals surface area contributed by atoms with Crippen molar-refractivity contribution in [2.24, 2.45) is 13.5 Å². The van der Waals surface area contributed by atoms with Crippen LogP contribution in [0.15, 0.2) is 86.3 Å². The van der Waals surface area contributed by atoms with Gasteiger partial charge in [-0.25, -0.2) is 0 Å². The van der Waals surface area contributed by atoms with Gasteiger partial charge in [0.1, 0.15) is 0 Å². The van der Waals surface area contributed by atoms with Gasteiger partial charge in [-0.15, -0.1) is 13.5 Å². The highest BCUT2D eigenvalue weighted by Gasteiger charge is 2.47. The molecular weight excluding hydrogens is 597 g/mol. The largest absolute Gasteiger partial charge is 0.420 e. The Labute approximate surface area is 247 Å². The maximum absolute atomic E-state index is 6.54. The van der Waals surface area contributed by atoms with E-state index in [-0.39, 0.29) is 0 Å². The highest BCUT2D eigenvalue weighted by atomic mass is 31.3. The normalized spacial score (nSPS) is 23.6. The molecule has 3 aromatic carbocycles. The summed E-state index contributed by atoms with van der Waals surface area (Å²) in [5, 5.41) is 0. The van der Waals surface area contributed by atoms with Gasteiger partial charge in [-0.05, 0) is 77.9 Å². The zero-order valence-electron chi connectivity index (χ0n) is 24.5. The van der Waals surface area contributed by atoms with Gasteiger partial charge in [0.15, 0.2) is 17.2 Å². The molecule has 1 aliphatic heterocycles. The van der Waals surface area contributed by atoms with Crippen molar-refractivity contribution in [2.75, 3.05) is 17.2 Å². The summed E-state index contributed by atoms with van der Waals surface area (Å²) < 4.78 is 54.0. The molecule has 0 aliphatic carbocycles. The molecule has 4 rings (SSSR count). The first-order valence-electron chi connectivity index (χ1n) is 13.4. The quantitative estimate of drug-likeness (QED) is 0.129. The molecule has 0 bridgehead atoms. The lowest BCUT2D eigenvalue weighted by Crippen LogP contribution is -2.14. The minimum atomic E-state index is -3.76. The smallest absolute Gasteiger partial charge is 0.404 e. The number of para-hydroxylation sites is 6. The molecular formula is C27H39N6O6P3. The summed E-state index contributed by atoms with van der Waals surface area (Å²) >= 11 is 0. The number of anilines is 3. The lowest BCUT2D eigenvalue weighted by molar-refractivity contribution is 0.219. The van der Waals surface area contributed by atoms with Crippen LogP contribution in [0.2, 0.25) is 0 Å². The molecule has 0 aromatic heterocycles. The number of nitrogens with two attached hydrogens (primary N) is 3. The van der Waals surface area contributed by atoms with Gasteiger partial charge >= 0.3 is 23.0 Å². The summed E-state index contributed by atoms with van der Waals surface area (Å²) in [4.78, 5) is 0.